The molecule has 35 heavy (non-hydrogen) atoms. The quantitative estimate of drug-likeness (QED) is 0.541. The van der Waals surface area contributed by atoms with Crippen LogP contribution in [0.1, 0.15) is 64.5 Å². The van der Waals surface area contributed by atoms with Crippen molar-refractivity contribution >= 4 is 11.8 Å². The Labute approximate surface area is 212 Å². The van der Waals surface area contributed by atoms with Crippen molar-refractivity contribution in [3.63, 3.8) is 0 Å². The summed E-state index contributed by atoms with van der Waals surface area (Å²) in [5, 5.41) is 3.22. The highest BCUT2D eigenvalue weighted by molar-refractivity contribution is 5.96. The van der Waals surface area contributed by atoms with Crippen molar-refractivity contribution in [3.8, 4) is 0 Å². The van der Waals surface area contributed by atoms with E-state index in [2.05, 4.69) is 67.1 Å². The number of likely N-dealkylation sites (tertiary alicyclic amines) is 2. The Morgan fingerprint density at radius 2 is 1.80 bits per heavy atom. The summed E-state index contributed by atoms with van der Waals surface area (Å²) in [5.74, 6) is 2.78. The predicted molar refractivity (Wildman–Crippen MR) is 143 cm³/mol. The van der Waals surface area contributed by atoms with Crippen LogP contribution in [0.5, 0.6) is 0 Å². The highest BCUT2D eigenvalue weighted by Gasteiger charge is 2.32. The molecular formula is C29H46N4O2. The van der Waals surface area contributed by atoms with Crippen molar-refractivity contribution in [2.45, 2.75) is 71.9 Å². The molecule has 0 bridgehead atoms. The average molecular weight is 483 g/mol. The zero-order chi connectivity index (χ0) is 24.8. The average Bonchev–Trinajstić information content (AvgIpc) is 3.21. The predicted octanol–water partition coefficient (Wildman–Crippen LogP) is 3.98. The molecule has 3 aliphatic heterocycles. The van der Waals surface area contributed by atoms with E-state index in [0.717, 1.165) is 81.7 Å². The van der Waals surface area contributed by atoms with Gasteiger partial charge in [-0.15, -0.1) is 0 Å². The molecule has 0 saturated carbocycles. The third-order valence-electron chi connectivity index (χ3n) is 8.05. The molecule has 1 aromatic carbocycles. The van der Waals surface area contributed by atoms with Crippen LogP contribution in [0.3, 0.4) is 0 Å². The van der Waals surface area contributed by atoms with Gasteiger partial charge < -0.3 is 19.9 Å². The van der Waals surface area contributed by atoms with Gasteiger partial charge in [0.15, 0.2) is 0 Å². The van der Waals surface area contributed by atoms with Gasteiger partial charge in [-0.3, -0.25) is 4.79 Å². The topological polar surface area (TPSA) is 57.2 Å². The molecule has 0 aromatic heterocycles. The van der Waals surface area contributed by atoms with Gasteiger partial charge in [-0.25, -0.2) is 4.99 Å². The molecule has 2 unspecified atom stereocenters. The Morgan fingerprint density at radius 1 is 1.09 bits per heavy atom. The number of piperidine rings is 2. The van der Waals surface area contributed by atoms with Crippen molar-refractivity contribution in [1.82, 2.24) is 15.1 Å². The second-order valence-electron chi connectivity index (χ2n) is 11.3. The number of hydrogen-bond donors (Lipinski definition) is 1. The molecule has 1 N–H and O–H groups in total. The van der Waals surface area contributed by atoms with E-state index in [9.17, 15) is 4.79 Å². The van der Waals surface area contributed by atoms with Crippen LogP contribution in [0.25, 0.3) is 0 Å². The number of ether oxygens (including phenoxy) is 1. The molecule has 3 aliphatic rings. The van der Waals surface area contributed by atoms with E-state index >= 15 is 0 Å². The fourth-order valence-corrected chi connectivity index (χ4v) is 6.18. The van der Waals surface area contributed by atoms with Crippen molar-refractivity contribution in [2.24, 2.45) is 22.7 Å². The number of benzene rings is 1. The Balaban J connectivity index is 1.17. The third kappa shape index (κ3) is 7.07. The van der Waals surface area contributed by atoms with Crippen LogP contribution in [-0.2, 0) is 16.0 Å². The molecule has 4 atom stereocenters. The first-order valence-corrected chi connectivity index (χ1v) is 14.0. The first kappa shape index (κ1) is 26.2. The van der Waals surface area contributed by atoms with Crippen molar-refractivity contribution in [3.05, 3.63) is 35.4 Å². The number of nitrogens with one attached hydrogen (secondary N) is 1. The van der Waals surface area contributed by atoms with E-state index in [4.69, 9.17) is 9.73 Å². The van der Waals surface area contributed by atoms with Crippen LogP contribution in [0, 0.1) is 17.8 Å². The lowest BCUT2D eigenvalue weighted by Crippen LogP contribution is -2.44. The second kappa shape index (κ2) is 12.4. The maximum Gasteiger partial charge on any atom is 0.223 e. The van der Waals surface area contributed by atoms with Gasteiger partial charge >= 0.3 is 0 Å². The smallest absolute Gasteiger partial charge is 0.223 e. The zero-order valence-electron chi connectivity index (χ0n) is 22.3. The second-order valence-corrected chi connectivity index (χ2v) is 11.3. The Hall–Kier alpha value is -1.92. The van der Waals surface area contributed by atoms with Gasteiger partial charge in [-0.05, 0) is 82.1 Å². The summed E-state index contributed by atoms with van der Waals surface area (Å²) in [7, 11) is 0. The fourth-order valence-electron chi connectivity index (χ4n) is 6.18. The van der Waals surface area contributed by atoms with Crippen molar-refractivity contribution in [2.75, 3.05) is 45.8 Å². The highest BCUT2D eigenvalue weighted by atomic mass is 16.5. The lowest BCUT2D eigenvalue weighted by atomic mass is 9.92. The fraction of sp³-hybridized carbons (Fsp3) is 0.724. The molecule has 3 heterocycles. The van der Waals surface area contributed by atoms with Crippen LogP contribution in [-0.4, -0.2) is 79.6 Å². The maximum absolute atomic E-state index is 12.7. The van der Waals surface area contributed by atoms with Gasteiger partial charge in [0.2, 0.25) is 11.8 Å². The maximum atomic E-state index is 12.7. The largest absolute Gasteiger partial charge is 0.472 e. The van der Waals surface area contributed by atoms with Crippen LogP contribution >= 0.6 is 0 Å². The van der Waals surface area contributed by atoms with Crippen molar-refractivity contribution < 1.29 is 9.53 Å². The highest BCUT2D eigenvalue weighted by Crippen LogP contribution is 2.24. The summed E-state index contributed by atoms with van der Waals surface area (Å²) in [4.78, 5) is 22.7. The Morgan fingerprint density at radius 3 is 2.51 bits per heavy atom. The number of carbonyl (C=O) groups excluding carboxylic acids is 1. The zero-order valence-corrected chi connectivity index (χ0v) is 22.3. The van der Waals surface area contributed by atoms with Crippen LogP contribution in [0.2, 0.25) is 0 Å². The lowest BCUT2D eigenvalue weighted by Gasteiger charge is -2.35. The van der Waals surface area contributed by atoms with E-state index in [-0.39, 0.29) is 24.0 Å². The molecule has 0 aliphatic carbocycles. The minimum atomic E-state index is 0.0850. The van der Waals surface area contributed by atoms with Gasteiger partial charge in [-0.1, -0.05) is 39.0 Å². The Bertz CT molecular complexity index is 854. The van der Waals surface area contributed by atoms with E-state index in [0.29, 0.717) is 0 Å². The van der Waals surface area contributed by atoms with Crippen LogP contribution in [0.15, 0.2) is 29.3 Å². The summed E-state index contributed by atoms with van der Waals surface area (Å²) in [6.45, 7) is 16.1. The lowest BCUT2D eigenvalue weighted by molar-refractivity contribution is -0.126. The first-order valence-electron chi connectivity index (χ1n) is 14.0. The van der Waals surface area contributed by atoms with Crippen LogP contribution in [0.4, 0.5) is 0 Å². The number of hydrogen-bond acceptors (Lipinski definition) is 5. The molecule has 1 amide bonds. The molecule has 6 nitrogen and oxygen atoms in total. The van der Waals surface area contributed by atoms with Gasteiger partial charge in [-0.2, -0.15) is 0 Å². The minimum Gasteiger partial charge on any atom is -0.472 e. The summed E-state index contributed by atoms with van der Waals surface area (Å²) in [5.41, 5.74) is 2.41. The number of aryl methyl sites for hydroxylation is 1. The van der Waals surface area contributed by atoms with E-state index in [1.807, 2.05) is 0 Å². The van der Waals surface area contributed by atoms with Gasteiger partial charge in [0, 0.05) is 37.7 Å². The normalized spacial score (nSPS) is 28.5. The van der Waals surface area contributed by atoms with Gasteiger partial charge in [0.25, 0.3) is 0 Å². The molecule has 2 saturated heterocycles. The number of aliphatic imine (C=N–C) groups is 1. The standard InChI is InChI=1S/C29H46N4O2/c1-5-24-9-6-7-10-26(24)29-31-27(23(4)35-29)20-32-15-11-25(12-16-32)28(34)30-13-8-14-33-18-21(2)17-22(3)19-33/h6-7,9-10,21-23,25,27H,5,8,11-20H2,1-4H3,(H,30,34)/t21-,22+,23?,27?. The third-order valence-corrected chi connectivity index (χ3v) is 8.05. The molecule has 6 heteroatoms. The molecular weight excluding hydrogens is 436 g/mol. The van der Waals surface area contributed by atoms with E-state index in [1.165, 1.54) is 25.1 Å². The molecule has 0 spiro atoms. The summed E-state index contributed by atoms with van der Waals surface area (Å²) >= 11 is 0. The van der Waals surface area contributed by atoms with Gasteiger partial charge in [0.1, 0.15) is 12.1 Å². The molecule has 194 valence electrons. The summed E-state index contributed by atoms with van der Waals surface area (Å²) < 4.78 is 6.17. The van der Waals surface area contributed by atoms with Crippen LogP contribution < -0.4 is 5.32 Å². The van der Waals surface area contributed by atoms with Gasteiger partial charge in [0.05, 0.1) is 0 Å². The number of nitrogens with zero attached hydrogens (tertiary/aromatic N) is 3. The summed E-state index contributed by atoms with van der Waals surface area (Å²) in [6.07, 6.45) is 5.32. The Kier molecular flexibility index (Phi) is 9.23. The summed E-state index contributed by atoms with van der Waals surface area (Å²) in [6, 6.07) is 8.56. The minimum absolute atomic E-state index is 0.0850. The van der Waals surface area contributed by atoms with Crippen molar-refractivity contribution in [1.29, 1.82) is 0 Å². The van der Waals surface area contributed by atoms with E-state index < -0.39 is 0 Å². The molecule has 1 aromatic rings. The molecule has 2 fully saturated rings. The first-order chi connectivity index (χ1) is 16.9. The molecule has 4 rings (SSSR count). The number of amides is 1. The van der Waals surface area contributed by atoms with E-state index in [1.54, 1.807) is 0 Å². The molecule has 0 radical (unpaired) electrons. The number of carbonyl (C=O) groups is 1. The monoisotopic (exact) mass is 482 g/mol. The SMILES string of the molecule is CCc1ccccc1C1=NC(CN2CCC(C(=O)NCCCN3C[C@H](C)C[C@H](C)C3)CC2)C(C)O1. The number of rotatable bonds is 9.